The van der Waals surface area contributed by atoms with E-state index >= 15 is 0 Å². The number of guanidine groups is 1. The van der Waals surface area contributed by atoms with Gasteiger partial charge in [0.15, 0.2) is 5.96 Å². The minimum atomic E-state index is 0. The van der Waals surface area contributed by atoms with Crippen LogP contribution in [0.4, 0.5) is 0 Å². The van der Waals surface area contributed by atoms with Crippen molar-refractivity contribution < 1.29 is 9.47 Å². The Bertz CT molecular complexity index is 828. The number of aliphatic imine (C=N–C) groups is 1. The highest BCUT2D eigenvalue weighted by Gasteiger charge is 2.18. The zero-order valence-corrected chi connectivity index (χ0v) is 22.5. The highest BCUT2D eigenvalue weighted by molar-refractivity contribution is 14.0. The average molecular weight is 567 g/mol. The minimum absolute atomic E-state index is 0. The smallest absolute Gasteiger partial charge is 0.192 e. The normalized spacial score (nSPS) is 15.6. The molecule has 1 aliphatic rings. The van der Waals surface area contributed by atoms with Gasteiger partial charge in [0, 0.05) is 32.3 Å². The summed E-state index contributed by atoms with van der Waals surface area (Å²) in [6.45, 7) is 8.97. The van der Waals surface area contributed by atoms with Crippen LogP contribution in [-0.4, -0.2) is 56.9 Å². The largest absolute Gasteiger partial charge is 0.492 e. The van der Waals surface area contributed by atoms with Crippen LogP contribution in [0, 0.1) is 0 Å². The number of nitrogens with zero attached hydrogens (tertiary/aromatic N) is 2. The number of likely N-dealkylation sites (N-methyl/N-ethyl adjacent to an activating group) is 1. The van der Waals surface area contributed by atoms with Crippen LogP contribution in [0.2, 0.25) is 0 Å². The van der Waals surface area contributed by atoms with Crippen molar-refractivity contribution in [2.45, 2.75) is 45.3 Å². The molecule has 6 nitrogen and oxygen atoms in total. The predicted octanol–water partition coefficient (Wildman–Crippen LogP) is 4.61. The first kappa shape index (κ1) is 27.4. The van der Waals surface area contributed by atoms with E-state index in [0.717, 1.165) is 56.4 Å². The molecule has 182 valence electrons. The summed E-state index contributed by atoms with van der Waals surface area (Å²) in [5, 5.41) is 6.83. The van der Waals surface area contributed by atoms with Gasteiger partial charge < -0.3 is 20.1 Å². The van der Waals surface area contributed by atoms with Crippen LogP contribution in [0.3, 0.4) is 0 Å². The zero-order chi connectivity index (χ0) is 22.6. The van der Waals surface area contributed by atoms with Gasteiger partial charge in [-0.15, -0.1) is 24.0 Å². The molecule has 1 atom stereocenters. The van der Waals surface area contributed by atoms with Crippen molar-refractivity contribution in [3.8, 4) is 5.75 Å². The second-order valence-corrected chi connectivity index (χ2v) is 8.29. The molecule has 2 aromatic carbocycles. The first-order valence-corrected chi connectivity index (χ1v) is 11.7. The second-order valence-electron chi connectivity index (χ2n) is 8.29. The van der Waals surface area contributed by atoms with E-state index in [1.807, 2.05) is 18.2 Å². The van der Waals surface area contributed by atoms with Gasteiger partial charge in [-0.25, -0.2) is 4.99 Å². The Morgan fingerprint density at radius 1 is 1.15 bits per heavy atom. The Kier molecular flexibility index (Phi) is 12.6. The fourth-order valence-electron chi connectivity index (χ4n) is 3.87. The summed E-state index contributed by atoms with van der Waals surface area (Å²) in [5.41, 5.74) is 2.36. The standard InChI is InChI=1S/C26H38N4O2.HI/c1-4-27-26(29-21(2)23-10-6-5-7-11-23)28-20-22-9-8-12-25(19-22)32-18-15-30(3)24-13-16-31-17-14-24;/h5-12,19,21,24H,4,13-18,20H2,1-3H3,(H2,27,28,29);1H. The second kappa shape index (κ2) is 15.1. The van der Waals surface area contributed by atoms with Crippen molar-refractivity contribution in [2.75, 3.05) is 40.0 Å². The lowest BCUT2D eigenvalue weighted by atomic mass is 10.1. The van der Waals surface area contributed by atoms with E-state index in [4.69, 9.17) is 14.5 Å². The van der Waals surface area contributed by atoms with Gasteiger partial charge in [0.2, 0.25) is 0 Å². The lowest BCUT2D eigenvalue weighted by Gasteiger charge is -2.31. The summed E-state index contributed by atoms with van der Waals surface area (Å²) in [5.74, 6) is 1.71. The van der Waals surface area contributed by atoms with Gasteiger partial charge in [-0.1, -0.05) is 42.5 Å². The highest BCUT2D eigenvalue weighted by atomic mass is 127. The highest BCUT2D eigenvalue weighted by Crippen LogP contribution is 2.16. The van der Waals surface area contributed by atoms with E-state index < -0.39 is 0 Å². The summed E-state index contributed by atoms with van der Waals surface area (Å²) >= 11 is 0. The van der Waals surface area contributed by atoms with Crippen LogP contribution in [0.1, 0.15) is 43.9 Å². The minimum Gasteiger partial charge on any atom is -0.492 e. The van der Waals surface area contributed by atoms with Crippen LogP contribution >= 0.6 is 24.0 Å². The van der Waals surface area contributed by atoms with Crippen LogP contribution in [0.5, 0.6) is 5.75 Å². The summed E-state index contributed by atoms with van der Waals surface area (Å²) in [6.07, 6.45) is 2.21. The number of hydrogen-bond donors (Lipinski definition) is 2. The van der Waals surface area contributed by atoms with E-state index in [9.17, 15) is 0 Å². The molecule has 0 spiro atoms. The number of benzene rings is 2. The van der Waals surface area contributed by atoms with Gasteiger partial charge in [0.1, 0.15) is 12.4 Å². The van der Waals surface area contributed by atoms with Crippen molar-refractivity contribution in [1.82, 2.24) is 15.5 Å². The number of ether oxygens (including phenoxy) is 2. The molecular formula is C26H39IN4O2. The maximum atomic E-state index is 6.03. The third-order valence-electron chi connectivity index (χ3n) is 5.84. The molecule has 33 heavy (non-hydrogen) atoms. The van der Waals surface area contributed by atoms with E-state index in [1.54, 1.807) is 0 Å². The summed E-state index contributed by atoms with van der Waals surface area (Å²) < 4.78 is 11.5. The molecule has 1 saturated heterocycles. The van der Waals surface area contributed by atoms with Crippen molar-refractivity contribution in [1.29, 1.82) is 0 Å². The Morgan fingerprint density at radius 3 is 2.64 bits per heavy atom. The summed E-state index contributed by atoms with van der Waals surface area (Å²) in [7, 11) is 2.18. The van der Waals surface area contributed by atoms with Gasteiger partial charge in [0.05, 0.1) is 12.6 Å². The third-order valence-corrected chi connectivity index (χ3v) is 5.84. The topological polar surface area (TPSA) is 58.1 Å². The van der Waals surface area contributed by atoms with Gasteiger partial charge in [-0.2, -0.15) is 0 Å². The van der Waals surface area contributed by atoms with E-state index in [1.165, 1.54) is 5.56 Å². The molecule has 0 bridgehead atoms. The molecule has 0 radical (unpaired) electrons. The van der Waals surface area contributed by atoms with Gasteiger partial charge in [-0.05, 0) is 57.0 Å². The molecule has 1 heterocycles. The lowest BCUT2D eigenvalue weighted by molar-refractivity contribution is 0.0392. The fourth-order valence-corrected chi connectivity index (χ4v) is 3.87. The number of nitrogens with one attached hydrogen (secondary N) is 2. The van der Waals surface area contributed by atoms with E-state index in [-0.39, 0.29) is 30.0 Å². The summed E-state index contributed by atoms with van der Waals surface area (Å²) in [4.78, 5) is 7.17. The molecule has 3 rings (SSSR count). The SMILES string of the molecule is CCNC(=NCc1cccc(OCCN(C)C2CCOCC2)c1)NC(C)c1ccccc1.I. The first-order chi connectivity index (χ1) is 15.7. The molecule has 1 unspecified atom stereocenters. The van der Waals surface area contributed by atoms with Gasteiger partial charge in [0.25, 0.3) is 0 Å². The van der Waals surface area contributed by atoms with Gasteiger partial charge >= 0.3 is 0 Å². The monoisotopic (exact) mass is 566 g/mol. The molecular weight excluding hydrogens is 527 g/mol. The molecule has 2 aromatic rings. The molecule has 2 N–H and O–H groups in total. The number of rotatable bonds is 10. The molecule has 7 heteroatoms. The Hall–Kier alpha value is -1.84. The van der Waals surface area contributed by atoms with Crippen molar-refractivity contribution in [2.24, 2.45) is 4.99 Å². The summed E-state index contributed by atoms with van der Waals surface area (Å²) in [6, 6.07) is 19.4. The quantitative estimate of drug-likeness (QED) is 0.250. The van der Waals surface area contributed by atoms with Crippen molar-refractivity contribution in [3.05, 3.63) is 65.7 Å². The van der Waals surface area contributed by atoms with Crippen LogP contribution < -0.4 is 15.4 Å². The van der Waals surface area contributed by atoms with Gasteiger partial charge in [-0.3, -0.25) is 4.90 Å². The Balaban J connectivity index is 0.00000385. The maximum absolute atomic E-state index is 6.03. The average Bonchev–Trinajstić information content (AvgIpc) is 2.84. The lowest BCUT2D eigenvalue weighted by Crippen LogP contribution is -2.38. The molecule has 0 aliphatic carbocycles. The van der Waals surface area contributed by atoms with Crippen molar-refractivity contribution in [3.63, 3.8) is 0 Å². The first-order valence-electron chi connectivity index (χ1n) is 11.7. The van der Waals surface area contributed by atoms with Crippen LogP contribution in [0.25, 0.3) is 0 Å². The number of hydrogen-bond acceptors (Lipinski definition) is 4. The molecule has 0 aromatic heterocycles. The van der Waals surface area contributed by atoms with Crippen LogP contribution in [-0.2, 0) is 11.3 Å². The molecule has 1 fully saturated rings. The maximum Gasteiger partial charge on any atom is 0.192 e. The van der Waals surface area contributed by atoms with E-state index in [0.29, 0.717) is 19.2 Å². The predicted molar refractivity (Wildman–Crippen MR) is 147 cm³/mol. The van der Waals surface area contributed by atoms with Crippen molar-refractivity contribution >= 4 is 29.9 Å². The van der Waals surface area contributed by atoms with E-state index in [2.05, 4.69) is 72.8 Å². The zero-order valence-electron chi connectivity index (χ0n) is 20.1. The fraction of sp³-hybridized carbons (Fsp3) is 0.500. The molecule has 1 aliphatic heterocycles. The van der Waals surface area contributed by atoms with Crippen LogP contribution in [0.15, 0.2) is 59.6 Å². The molecule has 0 amide bonds. The third kappa shape index (κ3) is 9.51. The number of halogens is 1. The molecule has 0 saturated carbocycles. The Morgan fingerprint density at radius 2 is 1.91 bits per heavy atom. The Labute approximate surface area is 216 Å².